The number of alkyl carbamates (subject to hydrolysis) is 1. The van der Waals surface area contributed by atoms with E-state index in [0.29, 0.717) is 16.3 Å². The second-order valence-corrected chi connectivity index (χ2v) is 3.62. The maximum Gasteiger partial charge on any atom is 0.407 e. The number of aliphatic hydroxyl groups is 1. The third-order valence-corrected chi connectivity index (χ3v) is 2.22. The van der Waals surface area contributed by atoms with E-state index < -0.39 is 6.09 Å². The van der Waals surface area contributed by atoms with Crippen LogP contribution in [-0.2, 0) is 11.3 Å². The minimum absolute atomic E-state index is 0.0565. The second-order valence-electron chi connectivity index (χ2n) is 3.18. The van der Waals surface area contributed by atoms with Crippen LogP contribution in [0.2, 0.25) is 5.02 Å². The predicted molar refractivity (Wildman–Crippen MR) is 63.3 cm³/mol. The van der Waals surface area contributed by atoms with Gasteiger partial charge >= 0.3 is 6.09 Å². The van der Waals surface area contributed by atoms with Crippen LogP contribution in [-0.4, -0.2) is 31.5 Å². The Kier molecular flexibility index (Phi) is 5.59. The maximum atomic E-state index is 11.1. The van der Waals surface area contributed by atoms with Crippen molar-refractivity contribution in [3.8, 4) is 5.75 Å². The Labute approximate surface area is 104 Å². The maximum absolute atomic E-state index is 11.1. The number of hydrogen-bond acceptors (Lipinski definition) is 4. The summed E-state index contributed by atoms with van der Waals surface area (Å²) in [6.07, 6.45) is -0.596. The number of amides is 1. The van der Waals surface area contributed by atoms with E-state index in [1.807, 2.05) is 0 Å². The van der Waals surface area contributed by atoms with Crippen molar-refractivity contribution >= 4 is 17.7 Å². The van der Waals surface area contributed by atoms with Gasteiger partial charge in [-0.15, -0.1) is 0 Å². The molecule has 94 valence electrons. The van der Waals surface area contributed by atoms with Gasteiger partial charge in [0.25, 0.3) is 0 Å². The number of carbonyl (C=O) groups excluding carboxylic acids is 1. The highest BCUT2D eigenvalue weighted by Gasteiger charge is 2.07. The van der Waals surface area contributed by atoms with Gasteiger partial charge in [0.15, 0.2) is 0 Å². The molecule has 0 saturated heterocycles. The number of benzene rings is 1. The summed E-state index contributed by atoms with van der Waals surface area (Å²) in [5.41, 5.74) is 0.680. The van der Waals surface area contributed by atoms with Crippen LogP contribution in [0.1, 0.15) is 5.56 Å². The molecule has 1 aromatic rings. The van der Waals surface area contributed by atoms with Crippen LogP contribution in [0.15, 0.2) is 18.2 Å². The molecule has 0 aromatic heterocycles. The molecule has 0 fully saturated rings. The van der Waals surface area contributed by atoms with Gasteiger partial charge in [-0.3, -0.25) is 0 Å². The van der Waals surface area contributed by atoms with Gasteiger partial charge in [0.2, 0.25) is 0 Å². The summed E-state index contributed by atoms with van der Waals surface area (Å²) in [5.74, 6) is 0.601. The molecule has 0 aliphatic heterocycles. The van der Waals surface area contributed by atoms with Gasteiger partial charge in [0.1, 0.15) is 12.4 Å². The molecule has 0 bridgehead atoms. The molecule has 6 heteroatoms. The first-order chi connectivity index (χ1) is 8.17. The van der Waals surface area contributed by atoms with Crippen molar-refractivity contribution in [1.82, 2.24) is 5.32 Å². The first-order valence-corrected chi connectivity index (χ1v) is 5.39. The zero-order valence-corrected chi connectivity index (χ0v) is 10.2. The third-order valence-electron chi connectivity index (χ3n) is 1.98. The van der Waals surface area contributed by atoms with Crippen molar-refractivity contribution in [1.29, 1.82) is 0 Å². The third kappa shape index (κ3) is 4.50. The molecule has 0 atom stereocenters. The molecule has 2 N–H and O–H groups in total. The molecule has 0 spiro atoms. The van der Waals surface area contributed by atoms with Crippen molar-refractivity contribution in [2.75, 3.05) is 20.3 Å². The van der Waals surface area contributed by atoms with Crippen molar-refractivity contribution in [2.45, 2.75) is 6.61 Å². The van der Waals surface area contributed by atoms with Crippen molar-refractivity contribution in [3.05, 3.63) is 28.8 Å². The first kappa shape index (κ1) is 13.6. The topological polar surface area (TPSA) is 67.8 Å². The Morgan fingerprint density at radius 2 is 2.29 bits per heavy atom. The molecule has 0 saturated carbocycles. The number of ether oxygens (including phenoxy) is 2. The van der Waals surface area contributed by atoms with Gasteiger partial charge in [0, 0.05) is 17.1 Å². The van der Waals surface area contributed by atoms with E-state index in [-0.39, 0.29) is 19.8 Å². The standard InChI is InChI=1S/C11H14ClNO4/c1-16-10-3-2-9(12)6-8(10)7-17-11(15)13-4-5-14/h2-3,6,14H,4-5,7H2,1H3,(H,13,15). The molecule has 0 aliphatic carbocycles. The molecular weight excluding hydrogens is 246 g/mol. The molecule has 0 heterocycles. The first-order valence-electron chi connectivity index (χ1n) is 5.01. The number of hydrogen-bond donors (Lipinski definition) is 2. The quantitative estimate of drug-likeness (QED) is 0.842. The number of rotatable bonds is 5. The highest BCUT2D eigenvalue weighted by atomic mass is 35.5. The van der Waals surface area contributed by atoms with Crippen LogP contribution < -0.4 is 10.1 Å². The highest BCUT2D eigenvalue weighted by molar-refractivity contribution is 6.30. The molecule has 0 unspecified atom stereocenters. The molecule has 0 aliphatic rings. The van der Waals surface area contributed by atoms with Gasteiger partial charge in [0.05, 0.1) is 13.7 Å². The molecule has 1 aromatic carbocycles. The lowest BCUT2D eigenvalue weighted by molar-refractivity contribution is 0.136. The average molecular weight is 260 g/mol. The number of aliphatic hydroxyl groups excluding tert-OH is 1. The summed E-state index contributed by atoms with van der Waals surface area (Å²) in [7, 11) is 1.53. The second kappa shape index (κ2) is 6.98. The van der Waals surface area contributed by atoms with Gasteiger partial charge in [-0.2, -0.15) is 0 Å². The van der Waals surface area contributed by atoms with Crippen LogP contribution in [0, 0.1) is 0 Å². The number of halogens is 1. The SMILES string of the molecule is COc1ccc(Cl)cc1COC(=O)NCCO. The minimum Gasteiger partial charge on any atom is -0.496 e. The summed E-state index contributed by atoms with van der Waals surface area (Å²) >= 11 is 5.83. The summed E-state index contributed by atoms with van der Waals surface area (Å²) < 4.78 is 10.0. The van der Waals surface area contributed by atoms with Crippen LogP contribution in [0.3, 0.4) is 0 Å². The minimum atomic E-state index is -0.596. The number of methoxy groups -OCH3 is 1. The largest absolute Gasteiger partial charge is 0.496 e. The fraction of sp³-hybridized carbons (Fsp3) is 0.364. The molecule has 1 rings (SSSR count). The lowest BCUT2D eigenvalue weighted by Gasteiger charge is -2.10. The molecule has 1 amide bonds. The van der Waals surface area contributed by atoms with Crippen molar-refractivity contribution in [2.24, 2.45) is 0 Å². The van der Waals surface area contributed by atoms with E-state index >= 15 is 0 Å². The van der Waals surface area contributed by atoms with Gasteiger partial charge < -0.3 is 19.9 Å². The van der Waals surface area contributed by atoms with E-state index in [1.165, 1.54) is 7.11 Å². The zero-order chi connectivity index (χ0) is 12.7. The van der Waals surface area contributed by atoms with Crippen LogP contribution in [0.4, 0.5) is 4.79 Å². The van der Waals surface area contributed by atoms with E-state index in [4.69, 9.17) is 26.2 Å². The lowest BCUT2D eigenvalue weighted by Crippen LogP contribution is -2.27. The molecule has 5 nitrogen and oxygen atoms in total. The van der Waals surface area contributed by atoms with Gasteiger partial charge in [-0.25, -0.2) is 4.79 Å². The van der Waals surface area contributed by atoms with Crippen LogP contribution in [0.25, 0.3) is 0 Å². The fourth-order valence-electron chi connectivity index (χ4n) is 1.21. The predicted octanol–water partition coefficient (Wildman–Crippen LogP) is 1.57. The average Bonchev–Trinajstić information content (AvgIpc) is 2.34. The Morgan fingerprint density at radius 3 is 2.94 bits per heavy atom. The Hall–Kier alpha value is -1.46. The van der Waals surface area contributed by atoms with E-state index in [2.05, 4.69) is 5.32 Å². The number of nitrogens with one attached hydrogen (secondary N) is 1. The van der Waals surface area contributed by atoms with Crippen LogP contribution >= 0.6 is 11.6 Å². The Balaban J connectivity index is 2.56. The van der Waals surface area contributed by atoms with Crippen molar-refractivity contribution < 1.29 is 19.4 Å². The van der Waals surface area contributed by atoms with E-state index in [9.17, 15) is 4.79 Å². The normalized spacial score (nSPS) is 9.82. The van der Waals surface area contributed by atoms with Crippen molar-refractivity contribution in [3.63, 3.8) is 0 Å². The summed E-state index contributed by atoms with van der Waals surface area (Å²) in [6.45, 7) is 0.0854. The smallest absolute Gasteiger partial charge is 0.407 e. The number of carbonyl (C=O) groups is 1. The highest BCUT2D eigenvalue weighted by Crippen LogP contribution is 2.23. The van der Waals surface area contributed by atoms with Crippen LogP contribution in [0.5, 0.6) is 5.75 Å². The molecule has 17 heavy (non-hydrogen) atoms. The van der Waals surface area contributed by atoms with E-state index in [0.717, 1.165) is 0 Å². The summed E-state index contributed by atoms with van der Waals surface area (Å²) in [4.78, 5) is 11.1. The Bertz CT molecular complexity index is 384. The van der Waals surface area contributed by atoms with Gasteiger partial charge in [-0.05, 0) is 18.2 Å². The monoisotopic (exact) mass is 259 g/mol. The van der Waals surface area contributed by atoms with E-state index in [1.54, 1.807) is 18.2 Å². The molecular formula is C11H14ClNO4. The fourth-order valence-corrected chi connectivity index (χ4v) is 1.41. The lowest BCUT2D eigenvalue weighted by atomic mass is 10.2. The summed E-state index contributed by atoms with van der Waals surface area (Å²) in [6, 6.07) is 5.06. The zero-order valence-electron chi connectivity index (χ0n) is 9.40. The Morgan fingerprint density at radius 1 is 1.53 bits per heavy atom. The summed E-state index contributed by atoms with van der Waals surface area (Å²) in [5, 5.41) is 11.4. The molecule has 0 radical (unpaired) electrons. The van der Waals surface area contributed by atoms with Gasteiger partial charge in [-0.1, -0.05) is 11.6 Å².